The molecule has 0 fully saturated rings. The van der Waals surface area contributed by atoms with Gasteiger partial charge in [0, 0.05) is 11.3 Å². The summed E-state index contributed by atoms with van der Waals surface area (Å²) >= 11 is 0. The molecular formula is C12H16N4O2S. The largest absolute Gasteiger partial charge is 0.398 e. The van der Waals surface area contributed by atoms with Gasteiger partial charge in [-0.3, -0.25) is 9.82 Å². The van der Waals surface area contributed by atoms with Gasteiger partial charge in [0.15, 0.2) is 0 Å². The van der Waals surface area contributed by atoms with Gasteiger partial charge in [-0.05, 0) is 31.0 Å². The van der Waals surface area contributed by atoms with E-state index in [0.29, 0.717) is 23.5 Å². The SMILES string of the molecule is CCc1cn[nH]c1NS(=O)(=O)c1cccc(N)c1C. The number of aromatic amines is 1. The Bertz CT molecular complexity index is 692. The Morgan fingerprint density at radius 3 is 2.84 bits per heavy atom. The maximum atomic E-state index is 12.3. The lowest BCUT2D eigenvalue weighted by Crippen LogP contribution is -2.16. The minimum absolute atomic E-state index is 0.171. The standard InChI is InChI=1S/C12H16N4O2S/c1-3-9-7-14-15-12(9)16-19(17,18)11-6-4-5-10(13)8(11)2/h4-7H,3,13H2,1-2H3,(H2,14,15,16). The zero-order valence-corrected chi connectivity index (χ0v) is 11.6. The van der Waals surface area contributed by atoms with E-state index in [4.69, 9.17) is 5.73 Å². The summed E-state index contributed by atoms with van der Waals surface area (Å²) in [5, 5.41) is 6.48. The fraction of sp³-hybridized carbons (Fsp3) is 0.250. The first kappa shape index (κ1) is 13.4. The number of anilines is 2. The van der Waals surface area contributed by atoms with Crippen LogP contribution in [0.5, 0.6) is 0 Å². The molecule has 0 spiro atoms. The minimum Gasteiger partial charge on any atom is -0.398 e. The van der Waals surface area contributed by atoms with Gasteiger partial charge in [-0.15, -0.1) is 0 Å². The molecule has 0 amide bonds. The maximum Gasteiger partial charge on any atom is 0.263 e. The van der Waals surface area contributed by atoms with Crippen LogP contribution in [0.25, 0.3) is 0 Å². The summed E-state index contributed by atoms with van der Waals surface area (Å²) in [7, 11) is -3.67. The van der Waals surface area contributed by atoms with E-state index in [1.54, 1.807) is 25.3 Å². The number of hydrogen-bond donors (Lipinski definition) is 3. The molecule has 0 aliphatic rings. The van der Waals surface area contributed by atoms with Crippen molar-refractivity contribution in [3.05, 3.63) is 35.5 Å². The van der Waals surface area contributed by atoms with Gasteiger partial charge in [0.2, 0.25) is 0 Å². The molecule has 1 aromatic heterocycles. The second-order valence-electron chi connectivity index (χ2n) is 4.20. The van der Waals surface area contributed by atoms with Crippen LogP contribution in [-0.2, 0) is 16.4 Å². The molecule has 0 unspecified atom stereocenters. The lowest BCUT2D eigenvalue weighted by atomic mass is 10.2. The van der Waals surface area contributed by atoms with Gasteiger partial charge in [0.25, 0.3) is 10.0 Å². The summed E-state index contributed by atoms with van der Waals surface area (Å²) in [6.07, 6.45) is 2.29. The van der Waals surface area contributed by atoms with Crippen molar-refractivity contribution in [1.29, 1.82) is 0 Å². The molecule has 0 aliphatic carbocycles. The van der Waals surface area contributed by atoms with Crippen molar-refractivity contribution in [3.8, 4) is 0 Å². The first-order valence-electron chi connectivity index (χ1n) is 5.86. The topological polar surface area (TPSA) is 101 Å². The van der Waals surface area contributed by atoms with Crippen LogP contribution in [0.4, 0.5) is 11.5 Å². The van der Waals surface area contributed by atoms with Gasteiger partial charge in [-0.1, -0.05) is 13.0 Å². The number of H-pyrrole nitrogens is 1. The minimum atomic E-state index is -3.67. The van der Waals surface area contributed by atoms with Crippen molar-refractivity contribution in [2.24, 2.45) is 0 Å². The average Bonchev–Trinajstić information content (AvgIpc) is 2.78. The first-order valence-corrected chi connectivity index (χ1v) is 7.34. The van der Waals surface area contributed by atoms with E-state index in [1.165, 1.54) is 6.07 Å². The number of hydrogen-bond acceptors (Lipinski definition) is 4. The normalized spacial score (nSPS) is 11.5. The van der Waals surface area contributed by atoms with Crippen LogP contribution in [0.3, 0.4) is 0 Å². The van der Waals surface area contributed by atoms with Crippen molar-refractivity contribution in [2.75, 3.05) is 10.5 Å². The number of aryl methyl sites for hydroxylation is 1. The third-order valence-electron chi connectivity index (χ3n) is 2.95. The molecule has 0 aliphatic heterocycles. The van der Waals surface area contributed by atoms with Gasteiger partial charge in [0.05, 0.1) is 11.1 Å². The Kier molecular flexibility index (Phi) is 3.48. The first-order chi connectivity index (χ1) is 8.95. The molecule has 0 atom stereocenters. The van der Waals surface area contributed by atoms with Gasteiger partial charge in [0.1, 0.15) is 5.82 Å². The van der Waals surface area contributed by atoms with Crippen LogP contribution in [0.1, 0.15) is 18.1 Å². The molecule has 0 radical (unpaired) electrons. The maximum absolute atomic E-state index is 12.3. The highest BCUT2D eigenvalue weighted by atomic mass is 32.2. The molecular weight excluding hydrogens is 264 g/mol. The summed E-state index contributed by atoms with van der Waals surface area (Å²) in [5.41, 5.74) is 7.53. The summed E-state index contributed by atoms with van der Waals surface area (Å²) < 4.78 is 27.2. The zero-order valence-electron chi connectivity index (χ0n) is 10.8. The van der Waals surface area contributed by atoms with Crippen molar-refractivity contribution >= 4 is 21.5 Å². The van der Waals surface area contributed by atoms with Crippen molar-refractivity contribution in [3.63, 3.8) is 0 Å². The van der Waals surface area contributed by atoms with Gasteiger partial charge < -0.3 is 5.73 Å². The van der Waals surface area contributed by atoms with Crippen LogP contribution < -0.4 is 10.5 Å². The molecule has 19 heavy (non-hydrogen) atoms. The number of nitrogens with zero attached hydrogens (tertiary/aromatic N) is 1. The molecule has 1 heterocycles. The van der Waals surface area contributed by atoms with E-state index in [-0.39, 0.29) is 4.90 Å². The van der Waals surface area contributed by atoms with Crippen LogP contribution in [0.15, 0.2) is 29.3 Å². The Morgan fingerprint density at radius 1 is 1.42 bits per heavy atom. The Balaban J connectivity index is 2.41. The summed E-state index contributed by atoms with van der Waals surface area (Å²) in [6.45, 7) is 3.60. The van der Waals surface area contributed by atoms with Crippen molar-refractivity contribution < 1.29 is 8.42 Å². The Labute approximate surface area is 112 Å². The predicted octanol–water partition coefficient (Wildman–Crippen LogP) is 1.66. The second kappa shape index (κ2) is 4.93. The number of aromatic nitrogens is 2. The predicted molar refractivity (Wildman–Crippen MR) is 74.4 cm³/mol. The average molecular weight is 280 g/mol. The highest BCUT2D eigenvalue weighted by molar-refractivity contribution is 7.92. The molecule has 6 nitrogen and oxygen atoms in total. The smallest absolute Gasteiger partial charge is 0.263 e. The van der Waals surface area contributed by atoms with Crippen LogP contribution >= 0.6 is 0 Å². The molecule has 0 saturated carbocycles. The molecule has 0 bridgehead atoms. The van der Waals surface area contributed by atoms with Gasteiger partial charge >= 0.3 is 0 Å². The summed E-state index contributed by atoms with van der Waals surface area (Å²) in [5.74, 6) is 0.393. The quantitative estimate of drug-likeness (QED) is 0.741. The van der Waals surface area contributed by atoms with Crippen molar-refractivity contribution in [2.45, 2.75) is 25.2 Å². The fourth-order valence-electron chi connectivity index (χ4n) is 1.78. The number of nitrogen functional groups attached to an aromatic ring is 1. The zero-order chi connectivity index (χ0) is 14.0. The molecule has 102 valence electrons. The summed E-state index contributed by atoms with van der Waals surface area (Å²) in [6, 6.07) is 4.81. The van der Waals surface area contributed by atoms with Crippen molar-refractivity contribution in [1.82, 2.24) is 10.2 Å². The highest BCUT2D eigenvalue weighted by Crippen LogP contribution is 2.23. The number of rotatable bonds is 4. The number of nitrogens with two attached hydrogens (primary N) is 1. The number of nitrogens with one attached hydrogen (secondary N) is 2. The summed E-state index contributed by atoms with van der Waals surface area (Å²) in [4.78, 5) is 0.171. The molecule has 0 saturated heterocycles. The van der Waals surface area contributed by atoms with E-state index < -0.39 is 10.0 Å². The Morgan fingerprint density at radius 2 is 2.16 bits per heavy atom. The number of benzene rings is 1. The highest BCUT2D eigenvalue weighted by Gasteiger charge is 2.19. The second-order valence-corrected chi connectivity index (χ2v) is 5.85. The van der Waals surface area contributed by atoms with Crippen LogP contribution in [0.2, 0.25) is 0 Å². The third-order valence-corrected chi connectivity index (χ3v) is 4.44. The third kappa shape index (κ3) is 2.55. The van der Waals surface area contributed by atoms with E-state index in [0.717, 1.165) is 5.56 Å². The molecule has 1 aromatic carbocycles. The number of sulfonamides is 1. The monoisotopic (exact) mass is 280 g/mol. The van der Waals surface area contributed by atoms with Gasteiger partial charge in [-0.25, -0.2) is 8.42 Å². The van der Waals surface area contributed by atoms with E-state index in [2.05, 4.69) is 14.9 Å². The fourth-order valence-corrected chi connectivity index (χ4v) is 3.11. The Hall–Kier alpha value is -2.02. The van der Waals surface area contributed by atoms with E-state index in [1.807, 2.05) is 6.92 Å². The van der Waals surface area contributed by atoms with E-state index in [9.17, 15) is 8.42 Å². The van der Waals surface area contributed by atoms with Gasteiger partial charge in [-0.2, -0.15) is 5.10 Å². The van der Waals surface area contributed by atoms with Crippen LogP contribution in [0, 0.1) is 6.92 Å². The molecule has 7 heteroatoms. The molecule has 4 N–H and O–H groups in total. The molecule has 2 rings (SSSR count). The lowest BCUT2D eigenvalue weighted by molar-refractivity contribution is 0.600. The van der Waals surface area contributed by atoms with Crippen LogP contribution in [-0.4, -0.2) is 18.6 Å². The van der Waals surface area contributed by atoms with E-state index >= 15 is 0 Å². The lowest BCUT2D eigenvalue weighted by Gasteiger charge is -2.11. The molecule has 2 aromatic rings.